The van der Waals surface area contributed by atoms with Crippen LogP contribution in [0.15, 0.2) is 18.2 Å². The highest BCUT2D eigenvalue weighted by Gasteiger charge is 2.06. The zero-order valence-electron chi connectivity index (χ0n) is 11.7. The molecule has 0 amide bonds. The van der Waals surface area contributed by atoms with Gasteiger partial charge in [0.2, 0.25) is 0 Å². The Morgan fingerprint density at radius 1 is 1.17 bits per heavy atom. The summed E-state index contributed by atoms with van der Waals surface area (Å²) in [6.07, 6.45) is 0. The smallest absolute Gasteiger partial charge is 0.188 e. The molecule has 1 aromatic carbocycles. The number of benzene rings is 1. The van der Waals surface area contributed by atoms with Gasteiger partial charge in [-0.2, -0.15) is 0 Å². The zero-order valence-corrected chi connectivity index (χ0v) is 11.7. The molecule has 0 unspecified atom stereocenters. The van der Waals surface area contributed by atoms with E-state index < -0.39 is 0 Å². The first-order chi connectivity index (χ1) is 8.67. The average molecular weight is 253 g/mol. The Kier molecular flexibility index (Phi) is 6.54. The second-order valence-electron chi connectivity index (χ2n) is 4.30. The Bertz CT molecular complexity index is 353. The molecule has 1 N–H and O–H groups in total. The van der Waals surface area contributed by atoms with Gasteiger partial charge in [0.05, 0.1) is 6.61 Å². The largest absolute Gasteiger partial charge is 0.490 e. The Labute approximate surface area is 109 Å². The predicted molar refractivity (Wildman–Crippen MR) is 72.1 cm³/mol. The maximum absolute atomic E-state index is 5.57. The molecule has 0 radical (unpaired) electrons. The molecule has 4 nitrogen and oxygen atoms in total. The van der Waals surface area contributed by atoms with Crippen LogP contribution in [0, 0.1) is 0 Å². The Balaban J connectivity index is 2.74. The van der Waals surface area contributed by atoms with Crippen LogP contribution < -0.4 is 14.8 Å². The second kappa shape index (κ2) is 7.95. The van der Waals surface area contributed by atoms with E-state index in [2.05, 4.69) is 19.2 Å². The summed E-state index contributed by atoms with van der Waals surface area (Å²) in [4.78, 5) is 0. The van der Waals surface area contributed by atoms with E-state index in [1.165, 1.54) is 5.56 Å². The average Bonchev–Trinajstić information content (AvgIpc) is 2.35. The molecule has 0 bridgehead atoms. The van der Waals surface area contributed by atoms with Gasteiger partial charge in [-0.15, -0.1) is 0 Å². The van der Waals surface area contributed by atoms with Gasteiger partial charge in [0, 0.05) is 19.7 Å². The number of ether oxygens (including phenoxy) is 3. The molecule has 0 aliphatic heterocycles. The van der Waals surface area contributed by atoms with Gasteiger partial charge in [-0.05, 0) is 24.6 Å². The third-order valence-corrected chi connectivity index (χ3v) is 2.35. The van der Waals surface area contributed by atoms with Crippen LogP contribution in [-0.2, 0) is 11.3 Å². The van der Waals surface area contributed by atoms with Crippen LogP contribution in [0.25, 0.3) is 0 Å². The summed E-state index contributed by atoms with van der Waals surface area (Å²) in [6.45, 7) is 7.87. The van der Waals surface area contributed by atoms with Gasteiger partial charge in [-0.25, -0.2) is 0 Å². The van der Waals surface area contributed by atoms with Crippen molar-refractivity contribution in [2.75, 3.05) is 20.5 Å². The third kappa shape index (κ3) is 4.94. The summed E-state index contributed by atoms with van der Waals surface area (Å²) in [6, 6.07) is 6.42. The van der Waals surface area contributed by atoms with Crippen LogP contribution in [0.1, 0.15) is 26.3 Å². The summed E-state index contributed by atoms with van der Waals surface area (Å²) in [7, 11) is 1.60. The molecule has 0 fully saturated rings. The van der Waals surface area contributed by atoms with E-state index in [1.807, 2.05) is 25.1 Å². The van der Waals surface area contributed by atoms with Crippen LogP contribution in [0.4, 0.5) is 0 Å². The van der Waals surface area contributed by atoms with Crippen molar-refractivity contribution in [1.29, 1.82) is 0 Å². The van der Waals surface area contributed by atoms with Crippen molar-refractivity contribution in [1.82, 2.24) is 5.32 Å². The van der Waals surface area contributed by atoms with Crippen LogP contribution in [0.5, 0.6) is 11.5 Å². The van der Waals surface area contributed by atoms with Crippen LogP contribution >= 0.6 is 0 Å². The quantitative estimate of drug-likeness (QED) is 0.723. The predicted octanol–water partition coefficient (Wildman–Crippen LogP) is 2.57. The number of hydrogen-bond acceptors (Lipinski definition) is 4. The number of nitrogens with one attached hydrogen (secondary N) is 1. The van der Waals surface area contributed by atoms with E-state index in [9.17, 15) is 0 Å². The van der Waals surface area contributed by atoms with E-state index in [4.69, 9.17) is 14.2 Å². The zero-order chi connectivity index (χ0) is 13.4. The van der Waals surface area contributed by atoms with Crippen LogP contribution in [-0.4, -0.2) is 26.6 Å². The molecule has 1 rings (SSSR count). The minimum absolute atomic E-state index is 0.226. The summed E-state index contributed by atoms with van der Waals surface area (Å²) < 4.78 is 15.9. The molecule has 0 aromatic heterocycles. The molecule has 102 valence electrons. The Hall–Kier alpha value is -1.26. The fourth-order valence-corrected chi connectivity index (χ4v) is 1.49. The molecule has 0 saturated carbocycles. The maximum Gasteiger partial charge on any atom is 0.188 e. The molecule has 0 aliphatic carbocycles. The molecule has 0 heterocycles. The van der Waals surface area contributed by atoms with Crippen molar-refractivity contribution in [2.45, 2.75) is 33.4 Å². The van der Waals surface area contributed by atoms with Crippen LogP contribution in [0.3, 0.4) is 0 Å². The van der Waals surface area contributed by atoms with Gasteiger partial charge >= 0.3 is 0 Å². The highest BCUT2D eigenvalue weighted by Crippen LogP contribution is 2.28. The number of methoxy groups -OCH3 is 1. The monoisotopic (exact) mass is 253 g/mol. The first-order valence-electron chi connectivity index (χ1n) is 6.28. The summed E-state index contributed by atoms with van der Waals surface area (Å²) >= 11 is 0. The third-order valence-electron chi connectivity index (χ3n) is 2.35. The van der Waals surface area contributed by atoms with Crippen molar-refractivity contribution < 1.29 is 14.2 Å². The summed E-state index contributed by atoms with van der Waals surface area (Å²) in [5, 5.41) is 3.37. The molecular formula is C14H23NO3. The number of rotatable bonds is 8. The van der Waals surface area contributed by atoms with Gasteiger partial charge in [-0.1, -0.05) is 19.9 Å². The van der Waals surface area contributed by atoms with Gasteiger partial charge in [0.15, 0.2) is 18.3 Å². The first-order valence-corrected chi connectivity index (χ1v) is 6.28. The lowest BCUT2D eigenvalue weighted by Crippen LogP contribution is -2.21. The first kappa shape index (κ1) is 14.8. The molecule has 4 heteroatoms. The summed E-state index contributed by atoms with van der Waals surface area (Å²) in [5.74, 6) is 1.48. The van der Waals surface area contributed by atoms with Gasteiger partial charge in [0.25, 0.3) is 0 Å². The minimum atomic E-state index is 0.226. The highest BCUT2D eigenvalue weighted by atomic mass is 16.7. The van der Waals surface area contributed by atoms with E-state index in [-0.39, 0.29) is 6.79 Å². The SMILES string of the molecule is CCOc1cc(CNC(C)C)ccc1OCOC. The number of hydrogen-bond donors (Lipinski definition) is 1. The van der Waals surface area contributed by atoms with Gasteiger partial charge < -0.3 is 19.5 Å². The van der Waals surface area contributed by atoms with E-state index in [0.29, 0.717) is 18.4 Å². The lowest BCUT2D eigenvalue weighted by Gasteiger charge is -2.14. The van der Waals surface area contributed by atoms with E-state index in [0.717, 1.165) is 12.3 Å². The lowest BCUT2D eigenvalue weighted by atomic mass is 10.2. The second-order valence-corrected chi connectivity index (χ2v) is 4.30. The molecule has 1 aromatic rings. The van der Waals surface area contributed by atoms with Crippen molar-refractivity contribution in [3.63, 3.8) is 0 Å². The molecule has 0 saturated heterocycles. The fourth-order valence-electron chi connectivity index (χ4n) is 1.49. The van der Waals surface area contributed by atoms with E-state index >= 15 is 0 Å². The van der Waals surface area contributed by atoms with Crippen molar-refractivity contribution in [3.05, 3.63) is 23.8 Å². The minimum Gasteiger partial charge on any atom is -0.490 e. The Morgan fingerprint density at radius 3 is 2.56 bits per heavy atom. The normalized spacial score (nSPS) is 10.7. The van der Waals surface area contributed by atoms with Gasteiger partial charge in [-0.3, -0.25) is 0 Å². The molecule has 0 atom stereocenters. The van der Waals surface area contributed by atoms with Gasteiger partial charge in [0.1, 0.15) is 0 Å². The molecular weight excluding hydrogens is 230 g/mol. The maximum atomic E-state index is 5.57. The highest BCUT2D eigenvalue weighted by molar-refractivity contribution is 5.43. The van der Waals surface area contributed by atoms with E-state index in [1.54, 1.807) is 7.11 Å². The van der Waals surface area contributed by atoms with Crippen molar-refractivity contribution in [2.24, 2.45) is 0 Å². The van der Waals surface area contributed by atoms with Crippen LogP contribution in [0.2, 0.25) is 0 Å². The topological polar surface area (TPSA) is 39.7 Å². The van der Waals surface area contributed by atoms with Crippen molar-refractivity contribution in [3.8, 4) is 11.5 Å². The summed E-state index contributed by atoms with van der Waals surface area (Å²) in [5.41, 5.74) is 1.18. The molecule has 0 aliphatic rings. The Morgan fingerprint density at radius 2 is 1.94 bits per heavy atom. The fraction of sp³-hybridized carbons (Fsp3) is 0.571. The lowest BCUT2D eigenvalue weighted by molar-refractivity contribution is 0.0487. The standard InChI is InChI=1S/C14H23NO3/c1-5-17-14-8-12(9-15-11(2)3)6-7-13(14)18-10-16-4/h6-8,11,15H,5,9-10H2,1-4H3. The van der Waals surface area contributed by atoms with Crippen molar-refractivity contribution >= 4 is 0 Å². The molecule has 18 heavy (non-hydrogen) atoms. The molecule has 0 spiro atoms.